The molecule has 4 rings (SSSR count). The molecule has 138 valence electrons. The van der Waals surface area contributed by atoms with Gasteiger partial charge < -0.3 is 16.0 Å². The Morgan fingerprint density at radius 1 is 1.27 bits per heavy atom. The summed E-state index contributed by atoms with van der Waals surface area (Å²) in [7, 11) is 0. The number of nitrogens with two attached hydrogens (primary N) is 1. The van der Waals surface area contributed by atoms with E-state index >= 15 is 0 Å². The maximum absolute atomic E-state index is 11.6. The fourth-order valence-corrected chi connectivity index (χ4v) is 3.89. The van der Waals surface area contributed by atoms with Crippen molar-refractivity contribution in [2.45, 2.75) is 25.8 Å². The van der Waals surface area contributed by atoms with Crippen molar-refractivity contribution in [2.24, 2.45) is 5.92 Å². The summed E-state index contributed by atoms with van der Waals surface area (Å²) in [6.45, 7) is 4.62. The van der Waals surface area contributed by atoms with E-state index in [-0.39, 0.29) is 24.1 Å². The Morgan fingerprint density at radius 3 is 2.88 bits per heavy atom. The number of nitrogen functional groups attached to an aromatic ring is 1. The molecule has 2 saturated heterocycles. The maximum atomic E-state index is 11.6. The van der Waals surface area contributed by atoms with Crippen molar-refractivity contribution in [1.82, 2.24) is 15.3 Å². The molecule has 2 fully saturated rings. The molecule has 0 spiro atoms. The summed E-state index contributed by atoms with van der Waals surface area (Å²) in [6.07, 6.45) is 2.51. The second-order valence-electron chi connectivity index (χ2n) is 6.97. The van der Waals surface area contributed by atoms with E-state index in [0.717, 1.165) is 36.7 Å². The lowest BCUT2D eigenvalue weighted by Gasteiger charge is -2.24. The molecule has 3 N–H and O–H groups in total. The number of rotatable bonds is 3. The Hall–Kier alpha value is -2.18. The van der Waals surface area contributed by atoms with Crippen molar-refractivity contribution in [3.05, 3.63) is 35.9 Å². The average Bonchev–Trinajstić information content (AvgIpc) is 3.05. The summed E-state index contributed by atoms with van der Waals surface area (Å²) < 4.78 is 0. The summed E-state index contributed by atoms with van der Waals surface area (Å²) in [6, 6.07) is 10.0. The molecule has 2 aliphatic heterocycles. The molecule has 26 heavy (non-hydrogen) atoms. The summed E-state index contributed by atoms with van der Waals surface area (Å²) >= 11 is 0. The van der Waals surface area contributed by atoms with Gasteiger partial charge in [0.15, 0.2) is 5.78 Å². The van der Waals surface area contributed by atoms with E-state index in [1.165, 1.54) is 12.8 Å². The molecule has 2 aromatic rings. The second kappa shape index (κ2) is 7.60. The van der Waals surface area contributed by atoms with Crippen molar-refractivity contribution in [3.63, 3.8) is 0 Å². The zero-order valence-corrected chi connectivity index (χ0v) is 15.6. The monoisotopic (exact) mass is 373 g/mol. The highest BCUT2D eigenvalue weighted by Gasteiger charge is 2.35. The van der Waals surface area contributed by atoms with Crippen molar-refractivity contribution in [1.29, 1.82) is 0 Å². The van der Waals surface area contributed by atoms with Crippen LogP contribution in [0.5, 0.6) is 0 Å². The number of aromatic nitrogens is 2. The van der Waals surface area contributed by atoms with Crippen molar-refractivity contribution >= 4 is 30.0 Å². The average molecular weight is 374 g/mol. The highest BCUT2D eigenvalue weighted by atomic mass is 35.5. The van der Waals surface area contributed by atoms with Crippen LogP contribution in [0.25, 0.3) is 11.3 Å². The number of halogens is 1. The molecule has 3 heterocycles. The number of nitrogens with zero attached hydrogens (tertiary/aromatic N) is 3. The van der Waals surface area contributed by atoms with Gasteiger partial charge in [-0.1, -0.05) is 18.2 Å². The predicted molar refractivity (Wildman–Crippen MR) is 106 cm³/mol. The van der Waals surface area contributed by atoms with Gasteiger partial charge in [-0.25, -0.2) is 4.98 Å². The van der Waals surface area contributed by atoms with Gasteiger partial charge in [0.1, 0.15) is 5.82 Å². The zero-order valence-electron chi connectivity index (χ0n) is 14.8. The minimum atomic E-state index is 0. The van der Waals surface area contributed by atoms with Crippen LogP contribution in [-0.4, -0.2) is 41.4 Å². The first-order chi connectivity index (χ1) is 12.1. The molecule has 0 aliphatic carbocycles. The van der Waals surface area contributed by atoms with Crippen LogP contribution in [0, 0.1) is 5.92 Å². The molecule has 7 heteroatoms. The topological polar surface area (TPSA) is 84.1 Å². The van der Waals surface area contributed by atoms with E-state index in [4.69, 9.17) is 5.73 Å². The number of carbonyl (C=O) groups is 1. The Bertz CT molecular complexity index is 798. The van der Waals surface area contributed by atoms with Crippen LogP contribution in [0.15, 0.2) is 30.3 Å². The van der Waals surface area contributed by atoms with Gasteiger partial charge in [-0.15, -0.1) is 12.4 Å². The summed E-state index contributed by atoms with van der Waals surface area (Å²) in [5.74, 6) is 1.85. The molecule has 2 aliphatic rings. The quantitative estimate of drug-likeness (QED) is 0.804. The summed E-state index contributed by atoms with van der Waals surface area (Å²) in [5, 5.41) is 3.61. The van der Waals surface area contributed by atoms with Gasteiger partial charge in [-0.3, -0.25) is 4.79 Å². The number of hydrogen-bond donors (Lipinski definition) is 2. The van der Waals surface area contributed by atoms with Crippen molar-refractivity contribution < 1.29 is 4.79 Å². The molecule has 0 bridgehead atoms. The van der Waals surface area contributed by atoms with Gasteiger partial charge in [-0.2, -0.15) is 4.98 Å². The summed E-state index contributed by atoms with van der Waals surface area (Å²) in [5.41, 5.74) is 8.30. The number of fused-ring (bicyclic) bond motifs is 1. The smallest absolute Gasteiger partial charge is 0.222 e. The van der Waals surface area contributed by atoms with Crippen LogP contribution in [0.3, 0.4) is 0 Å². The highest BCUT2D eigenvalue weighted by molar-refractivity contribution is 5.95. The van der Waals surface area contributed by atoms with E-state index in [2.05, 4.69) is 20.2 Å². The van der Waals surface area contributed by atoms with Crippen LogP contribution in [0.4, 0.5) is 11.8 Å². The minimum Gasteiger partial charge on any atom is -0.368 e. The molecule has 2 atom stereocenters. The third-order valence-corrected chi connectivity index (χ3v) is 5.22. The van der Waals surface area contributed by atoms with Crippen LogP contribution in [-0.2, 0) is 0 Å². The lowest BCUT2D eigenvalue weighted by molar-refractivity contribution is 0.101. The van der Waals surface area contributed by atoms with Gasteiger partial charge in [0.25, 0.3) is 0 Å². The number of carbonyl (C=O) groups excluding carboxylic acids is 1. The van der Waals surface area contributed by atoms with Crippen LogP contribution in [0.1, 0.15) is 30.1 Å². The number of Topliss-reactive ketones (excluding diaryl/α,β-unsaturated/α-hetero) is 1. The molecular weight excluding hydrogens is 350 g/mol. The molecule has 1 aromatic heterocycles. The Kier molecular flexibility index (Phi) is 5.44. The van der Waals surface area contributed by atoms with E-state index in [1.807, 2.05) is 30.3 Å². The molecule has 0 saturated carbocycles. The van der Waals surface area contributed by atoms with Gasteiger partial charge in [0, 0.05) is 36.3 Å². The molecule has 0 unspecified atom stereocenters. The van der Waals surface area contributed by atoms with Crippen molar-refractivity contribution in [3.8, 4) is 11.3 Å². The molecule has 0 amide bonds. The van der Waals surface area contributed by atoms with Gasteiger partial charge in [0.05, 0.1) is 5.69 Å². The zero-order chi connectivity index (χ0) is 17.4. The van der Waals surface area contributed by atoms with E-state index in [0.29, 0.717) is 17.5 Å². The molecular formula is C19H24ClN5O. The number of benzene rings is 1. The predicted octanol–water partition coefficient (Wildman–Crippen LogP) is 2.54. The SMILES string of the molecule is CC(=O)c1cccc(-c2cc(N3C[C@H]4CCCN[C@H]4C3)nc(N)n2)c1.Cl. The number of nitrogens with one attached hydrogen (secondary N) is 1. The second-order valence-corrected chi connectivity index (χ2v) is 6.97. The highest BCUT2D eigenvalue weighted by Crippen LogP contribution is 2.30. The molecule has 1 aromatic carbocycles. The summed E-state index contributed by atoms with van der Waals surface area (Å²) in [4.78, 5) is 22.8. The van der Waals surface area contributed by atoms with Crippen LogP contribution >= 0.6 is 12.4 Å². The van der Waals surface area contributed by atoms with Crippen molar-refractivity contribution in [2.75, 3.05) is 30.3 Å². The van der Waals surface area contributed by atoms with E-state index < -0.39 is 0 Å². The Labute approximate surface area is 159 Å². The van der Waals surface area contributed by atoms with E-state index in [1.54, 1.807) is 6.92 Å². The fourth-order valence-electron chi connectivity index (χ4n) is 3.89. The van der Waals surface area contributed by atoms with Gasteiger partial charge in [-0.05, 0) is 38.3 Å². The third kappa shape index (κ3) is 3.66. The normalized spacial score (nSPS) is 21.8. The minimum absolute atomic E-state index is 0. The van der Waals surface area contributed by atoms with Gasteiger partial charge in [0.2, 0.25) is 5.95 Å². The fraction of sp³-hybridized carbons (Fsp3) is 0.421. The van der Waals surface area contributed by atoms with Gasteiger partial charge >= 0.3 is 0 Å². The number of ketones is 1. The maximum Gasteiger partial charge on any atom is 0.222 e. The van der Waals surface area contributed by atoms with Crippen LogP contribution < -0.4 is 16.0 Å². The molecule has 0 radical (unpaired) electrons. The standard InChI is InChI=1S/C19H23N5O.ClH/c1-12(25)13-4-2-5-14(8-13)16-9-18(23-19(20)22-16)24-10-15-6-3-7-21-17(15)11-24;/h2,4-5,8-9,15,17,21H,3,6-7,10-11H2,1H3,(H2,20,22,23);1H/t15-,17+;/m1./s1. The Morgan fingerprint density at radius 2 is 2.12 bits per heavy atom. The molecule has 6 nitrogen and oxygen atoms in total. The number of anilines is 2. The third-order valence-electron chi connectivity index (χ3n) is 5.22. The largest absolute Gasteiger partial charge is 0.368 e. The Balaban J connectivity index is 0.00000196. The first kappa shape index (κ1) is 18.6. The lowest BCUT2D eigenvalue weighted by Crippen LogP contribution is -2.40. The first-order valence-corrected chi connectivity index (χ1v) is 8.84. The number of hydrogen-bond acceptors (Lipinski definition) is 6. The lowest BCUT2D eigenvalue weighted by atomic mass is 9.94. The van der Waals surface area contributed by atoms with Crippen LogP contribution in [0.2, 0.25) is 0 Å². The number of piperidine rings is 1. The first-order valence-electron chi connectivity index (χ1n) is 8.84. The van der Waals surface area contributed by atoms with E-state index in [9.17, 15) is 4.79 Å².